The number of halogens is 3. The predicted molar refractivity (Wildman–Crippen MR) is 147 cm³/mol. The molecule has 0 spiro atoms. The van der Waals surface area contributed by atoms with Gasteiger partial charge in [-0.15, -0.1) is 13.2 Å². The van der Waals surface area contributed by atoms with Crippen LogP contribution in [-0.2, 0) is 11.3 Å². The summed E-state index contributed by atoms with van der Waals surface area (Å²) >= 11 is 0. The van der Waals surface area contributed by atoms with E-state index >= 15 is 0 Å². The topological polar surface area (TPSA) is 59.0 Å². The monoisotopic (exact) mass is 549 g/mol. The van der Waals surface area contributed by atoms with Crippen LogP contribution in [0.2, 0.25) is 0 Å². The van der Waals surface area contributed by atoms with Crippen LogP contribution in [0.3, 0.4) is 0 Å². The van der Waals surface area contributed by atoms with Crippen LogP contribution in [0.4, 0.5) is 13.2 Å². The lowest BCUT2D eigenvalue weighted by molar-refractivity contribution is -0.274. The lowest BCUT2D eigenvalue weighted by Crippen LogP contribution is -2.32. The minimum Gasteiger partial charge on any atom is -0.497 e. The quantitative estimate of drug-likeness (QED) is 0.205. The van der Waals surface area contributed by atoms with Gasteiger partial charge in [-0.3, -0.25) is 9.69 Å². The third-order valence-corrected chi connectivity index (χ3v) is 6.71. The second kappa shape index (κ2) is 12.7. The zero-order valence-corrected chi connectivity index (χ0v) is 22.1. The fourth-order valence-electron chi connectivity index (χ4n) is 4.80. The summed E-state index contributed by atoms with van der Waals surface area (Å²) in [5, 5.41) is 9.99. The molecule has 1 N–H and O–H groups in total. The number of carboxylic acids is 1. The Morgan fingerprint density at radius 1 is 0.825 bits per heavy atom. The Morgan fingerprint density at radius 3 is 2.10 bits per heavy atom. The van der Waals surface area contributed by atoms with Gasteiger partial charge in [-0.25, -0.2) is 0 Å². The Kier molecular flexibility index (Phi) is 9.11. The van der Waals surface area contributed by atoms with Crippen LogP contribution >= 0.6 is 0 Å². The molecule has 0 fully saturated rings. The number of carbonyl (C=O) groups is 1. The summed E-state index contributed by atoms with van der Waals surface area (Å²) < 4.78 is 48.3. The molecule has 0 amide bonds. The lowest BCUT2D eigenvalue weighted by Gasteiger charge is -2.37. The van der Waals surface area contributed by atoms with Crippen LogP contribution in [-0.4, -0.2) is 29.4 Å². The number of ether oxygens (including phenoxy) is 2. The number of alkyl halides is 3. The first kappa shape index (κ1) is 28.7. The molecule has 0 aromatic heterocycles. The summed E-state index contributed by atoms with van der Waals surface area (Å²) in [6.45, 7) is 2.50. The van der Waals surface area contributed by atoms with Gasteiger partial charge >= 0.3 is 12.3 Å². The van der Waals surface area contributed by atoms with Crippen molar-refractivity contribution in [3.8, 4) is 22.6 Å². The van der Waals surface area contributed by atoms with Crippen molar-refractivity contribution in [1.29, 1.82) is 0 Å². The molecule has 0 heterocycles. The summed E-state index contributed by atoms with van der Waals surface area (Å²) in [5.41, 5.74) is 3.75. The summed E-state index contributed by atoms with van der Waals surface area (Å²) in [6, 6.07) is 29.8. The zero-order valence-electron chi connectivity index (χ0n) is 22.1. The number of aliphatic carboxylic acids is 1. The Balaban J connectivity index is 1.82. The van der Waals surface area contributed by atoms with Gasteiger partial charge in [-0.2, -0.15) is 0 Å². The highest BCUT2D eigenvalue weighted by atomic mass is 19.4. The highest BCUT2D eigenvalue weighted by molar-refractivity contribution is 5.70. The van der Waals surface area contributed by atoms with Gasteiger partial charge in [0.2, 0.25) is 0 Å². The van der Waals surface area contributed by atoms with E-state index in [9.17, 15) is 23.1 Å². The van der Waals surface area contributed by atoms with Gasteiger partial charge in [0.15, 0.2) is 0 Å². The van der Waals surface area contributed by atoms with Crippen molar-refractivity contribution in [3.05, 3.63) is 120 Å². The van der Waals surface area contributed by atoms with Crippen LogP contribution in [0.25, 0.3) is 11.1 Å². The van der Waals surface area contributed by atoms with E-state index in [-0.39, 0.29) is 18.2 Å². The molecule has 4 aromatic rings. The Hall–Kier alpha value is -4.30. The molecular formula is C32H30F3NO4. The zero-order chi connectivity index (χ0) is 28.7. The second-order valence-corrected chi connectivity index (χ2v) is 9.43. The van der Waals surface area contributed by atoms with Crippen molar-refractivity contribution < 1.29 is 32.5 Å². The maximum Gasteiger partial charge on any atom is 0.573 e. The van der Waals surface area contributed by atoms with Crippen molar-refractivity contribution in [2.24, 2.45) is 0 Å². The van der Waals surface area contributed by atoms with Gasteiger partial charge < -0.3 is 14.6 Å². The standard InChI is InChI=1S/C32H30F3NO4/c1-22(24-12-7-4-8-13-24)36(21-23-10-5-3-6-11-23)30(20-31(37)38)27-16-26(18-29(19-27)39-2)25-14-9-15-28(17-25)40-32(33,34)35/h3-19,22,30H,20-21H2,1-2H3,(H,37,38)/t22-,30?/m1/s1. The number of carboxylic acid groups (broad SMARTS) is 1. The van der Waals surface area contributed by atoms with Crippen LogP contribution in [0.1, 0.15) is 42.1 Å². The van der Waals surface area contributed by atoms with E-state index in [0.29, 0.717) is 29.0 Å². The first-order chi connectivity index (χ1) is 19.1. The minimum atomic E-state index is -4.82. The predicted octanol–water partition coefficient (Wildman–Crippen LogP) is 8.04. The largest absolute Gasteiger partial charge is 0.573 e. The van der Waals surface area contributed by atoms with E-state index in [2.05, 4.69) is 9.64 Å². The lowest BCUT2D eigenvalue weighted by atomic mass is 9.93. The number of methoxy groups -OCH3 is 1. The summed E-state index contributed by atoms with van der Waals surface area (Å²) in [5.74, 6) is -0.870. The number of rotatable bonds is 11. The van der Waals surface area contributed by atoms with Crippen molar-refractivity contribution in [2.75, 3.05) is 7.11 Å². The van der Waals surface area contributed by atoms with Gasteiger partial charge in [-0.05, 0) is 65.1 Å². The third kappa shape index (κ3) is 7.64. The van der Waals surface area contributed by atoms with Crippen molar-refractivity contribution in [3.63, 3.8) is 0 Å². The van der Waals surface area contributed by atoms with Gasteiger partial charge in [-0.1, -0.05) is 72.8 Å². The molecule has 8 heteroatoms. The van der Waals surface area contributed by atoms with E-state index in [4.69, 9.17) is 4.74 Å². The molecule has 2 atom stereocenters. The minimum absolute atomic E-state index is 0.163. The molecule has 0 saturated carbocycles. The molecule has 5 nitrogen and oxygen atoms in total. The summed E-state index contributed by atoms with van der Waals surface area (Å²) in [7, 11) is 1.49. The molecule has 0 bridgehead atoms. The fourth-order valence-corrected chi connectivity index (χ4v) is 4.80. The summed E-state index contributed by atoms with van der Waals surface area (Å²) in [4.78, 5) is 14.3. The molecule has 1 unspecified atom stereocenters. The Labute approximate surface area is 231 Å². The van der Waals surface area contributed by atoms with E-state index in [1.165, 1.54) is 25.3 Å². The van der Waals surface area contributed by atoms with Crippen LogP contribution < -0.4 is 9.47 Å². The van der Waals surface area contributed by atoms with E-state index in [1.54, 1.807) is 24.3 Å². The molecule has 0 saturated heterocycles. The Bertz CT molecular complexity index is 1410. The van der Waals surface area contributed by atoms with Gasteiger partial charge in [0.05, 0.1) is 13.5 Å². The average molecular weight is 550 g/mol. The molecule has 40 heavy (non-hydrogen) atoms. The fraction of sp³-hybridized carbons (Fsp3) is 0.219. The van der Waals surface area contributed by atoms with Crippen molar-refractivity contribution in [2.45, 2.75) is 38.3 Å². The molecule has 4 aromatic carbocycles. The maximum absolute atomic E-state index is 12.9. The highest BCUT2D eigenvalue weighted by Gasteiger charge is 2.32. The third-order valence-electron chi connectivity index (χ3n) is 6.71. The number of hydrogen-bond donors (Lipinski definition) is 1. The summed E-state index contributed by atoms with van der Waals surface area (Å²) in [6.07, 6.45) is -5.02. The smallest absolute Gasteiger partial charge is 0.497 e. The number of benzene rings is 4. The molecule has 0 radical (unpaired) electrons. The van der Waals surface area contributed by atoms with E-state index in [0.717, 1.165) is 11.1 Å². The van der Waals surface area contributed by atoms with Crippen LogP contribution in [0, 0.1) is 0 Å². The van der Waals surface area contributed by atoms with Gasteiger partial charge in [0.25, 0.3) is 0 Å². The van der Waals surface area contributed by atoms with E-state index < -0.39 is 18.4 Å². The van der Waals surface area contributed by atoms with Gasteiger partial charge in [0.1, 0.15) is 11.5 Å². The highest BCUT2D eigenvalue weighted by Crippen LogP contribution is 2.39. The van der Waals surface area contributed by atoms with Crippen molar-refractivity contribution >= 4 is 5.97 Å². The van der Waals surface area contributed by atoms with Crippen LogP contribution in [0.15, 0.2) is 103 Å². The molecular weight excluding hydrogens is 519 g/mol. The maximum atomic E-state index is 12.9. The van der Waals surface area contributed by atoms with E-state index in [1.807, 2.05) is 67.6 Å². The molecule has 4 rings (SSSR count). The SMILES string of the molecule is COc1cc(-c2cccc(OC(F)(F)F)c2)cc(C(CC(=O)O)N(Cc2ccccc2)[C@H](C)c2ccccc2)c1. The molecule has 0 aliphatic heterocycles. The Morgan fingerprint density at radius 2 is 1.48 bits per heavy atom. The number of nitrogens with zero attached hydrogens (tertiary/aromatic N) is 1. The van der Waals surface area contributed by atoms with Crippen LogP contribution in [0.5, 0.6) is 11.5 Å². The first-order valence-corrected chi connectivity index (χ1v) is 12.7. The molecule has 0 aliphatic carbocycles. The van der Waals surface area contributed by atoms with Crippen molar-refractivity contribution in [1.82, 2.24) is 4.90 Å². The second-order valence-electron chi connectivity index (χ2n) is 9.43. The van der Waals surface area contributed by atoms with Gasteiger partial charge in [0, 0.05) is 18.6 Å². The molecule has 208 valence electrons. The first-order valence-electron chi connectivity index (χ1n) is 12.7. The normalized spacial score (nSPS) is 13.1. The molecule has 0 aliphatic rings. The number of hydrogen-bond acceptors (Lipinski definition) is 4. The average Bonchev–Trinajstić information content (AvgIpc) is 2.94.